The van der Waals surface area contributed by atoms with Gasteiger partial charge in [-0.3, -0.25) is 0 Å². The zero-order chi connectivity index (χ0) is 11.7. The molecule has 2 heterocycles. The number of aromatic nitrogens is 2. The summed E-state index contributed by atoms with van der Waals surface area (Å²) in [5.74, 6) is 0.673. The van der Waals surface area contributed by atoms with Gasteiger partial charge in [-0.15, -0.1) is 11.3 Å². The van der Waals surface area contributed by atoms with Gasteiger partial charge in [0.25, 0.3) is 0 Å². The van der Waals surface area contributed by atoms with Crippen LogP contribution in [0.5, 0.6) is 0 Å². The number of aryl methyl sites for hydroxylation is 1. The molecule has 2 rings (SSSR count). The molecular formula is C10H7Br2ClN2S. The Kier molecular flexibility index (Phi) is 4.00. The molecule has 2 aromatic heterocycles. The Bertz CT molecular complexity index is 528. The van der Waals surface area contributed by atoms with Gasteiger partial charge in [-0.25, -0.2) is 9.97 Å². The Hall–Kier alpha value is 0.0300. The topological polar surface area (TPSA) is 25.8 Å². The van der Waals surface area contributed by atoms with E-state index >= 15 is 0 Å². The fraction of sp³-hybridized carbons (Fsp3) is 0.200. The van der Waals surface area contributed by atoms with Crippen molar-refractivity contribution in [2.24, 2.45) is 0 Å². The van der Waals surface area contributed by atoms with Crippen molar-refractivity contribution in [1.82, 2.24) is 9.97 Å². The first-order valence-electron chi connectivity index (χ1n) is 4.58. The largest absolute Gasteiger partial charge is 0.231 e. The molecule has 0 unspecified atom stereocenters. The third-order valence-electron chi connectivity index (χ3n) is 2.03. The van der Waals surface area contributed by atoms with Gasteiger partial charge in [0.05, 0.1) is 15.0 Å². The van der Waals surface area contributed by atoms with Crippen LogP contribution in [0.4, 0.5) is 0 Å². The van der Waals surface area contributed by atoms with Crippen molar-refractivity contribution in [3.63, 3.8) is 0 Å². The molecule has 0 amide bonds. The molecule has 2 nitrogen and oxygen atoms in total. The minimum absolute atomic E-state index is 0.460. The molecule has 0 aliphatic rings. The Labute approximate surface area is 119 Å². The molecule has 0 saturated heterocycles. The second-order valence-corrected chi connectivity index (χ2v) is 5.97. The van der Waals surface area contributed by atoms with Gasteiger partial charge < -0.3 is 0 Å². The number of thiophene rings is 1. The van der Waals surface area contributed by atoms with E-state index in [-0.39, 0.29) is 0 Å². The number of hydrogen-bond acceptors (Lipinski definition) is 3. The monoisotopic (exact) mass is 380 g/mol. The molecule has 0 aliphatic carbocycles. The standard InChI is InChI=1S/C10H7Br2ClN2S/c1-2-6-7(12)9(13)15-10(14-6)8-5(11)3-4-16-8/h3-4H,2H2,1H3. The highest BCUT2D eigenvalue weighted by Gasteiger charge is 2.13. The SMILES string of the molecule is CCc1nc(-c2sccc2Br)nc(Cl)c1Br. The van der Waals surface area contributed by atoms with Crippen LogP contribution in [-0.4, -0.2) is 9.97 Å². The quantitative estimate of drug-likeness (QED) is 0.687. The summed E-state index contributed by atoms with van der Waals surface area (Å²) in [6.45, 7) is 2.04. The number of hydrogen-bond donors (Lipinski definition) is 0. The fourth-order valence-electron chi connectivity index (χ4n) is 1.25. The lowest BCUT2D eigenvalue weighted by Gasteiger charge is -2.05. The highest BCUT2D eigenvalue weighted by Crippen LogP contribution is 2.34. The van der Waals surface area contributed by atoms with Gasteiger partial charge in [-0.2, -0.15) is 0 Å². The van der Waals surface area contributed by atoms with Gasteiger partial charge in [0, 0.05) is 4.47 Å². The molecule has 84 valence electrons. The Morgan fingerprint density at radius 2 is 2.12 bits per heavy atom. The van der Waals surface area contributed by atoms with E-state index in [0.717, 1.165) is 25.9 Å². The molecular weight excluding hydrogens is 375 g/mol. The van der Waals surface area contributed by atoms with Crippen LogP contribution in [0.3, 0.4) is 0 Å². The average Bonchev–Trinajstić information content (AvgIpc) is 2.68. The maximum atomic E-state index is 6.06. The summed E-state index contributed by atoms with van der Waals surface area (Å²) in [4.78, 5) is 9.77. The highest BCUT2D eigenvalue weighted by molar-refractivity contribution is 9.11. The Balaban J connectivity index is 2.59. The minimum Gasteiger partial charge on any atom is -0.231 e. The molecule has 2 aromatic rings. The molecule has 0 atom stereocenters. The number of rotatable bonds is 2. The molecule has 0 spiro atoms. The van der Waals surface area contributed by atoms with Crippen LogP contribution in [0.1, 0.15) is 12.6 Å². The third kappa shape index (κ3) is 2.32. The second-order valence-electron chi connectivity index (χ2n) is 3.05. The minimum atomic E-state index is 0.460. The Morgan fingerprint density at radius 3 is 2.69 bits per heavy atom. The zero-order valence-corrected chi connectivity index (χ0v) is 13.0. The normalized spacial score (nSPS) is 10.8. The van der Waals surface area contributed by atoms with E-state index in [4.69, 9.17) is 11.6 Å². The van der Waals surface area contributed by atoms with E-state index in [1.165, 1.54) is 0 Å². The van der Waals surface area contributed by atoms with Crippen LogP contribution in [0, 0.1) is 0 Å². The molecule has 0 radical (unpaired) electrons. The third-order valence-corrected chi connectivity index (χ3v) is 5.20. The predicted octanol–water partition coefficient (Wildman–Crippen LogP) is 4.95. The average molecular weight is 383 g/mol. The van der Waals surface area contributed by atoms with Gasteiger partial charge in [-0.1, -0.05) is 18.5 Å². The lowest BCUT2D eigenvalue weighted by atomic mass is 10.3. The van der Waals surface area contributed by atoms with Crippen LogP contribution < -0.4 is 0 Å². The summed E-state index contributed by atoms with van der Waals surface area (Å²) < 4.78 is 1.78. The van der Waals surface area contributed by atoms with Crippen molar-refractivity contribution < 1.29 is 0 Å². The molecule has 0 bridgehead atoms. The molecule has 0 N–H and O–H groups in total. The van der Waals surface area contributed by atoms with Crippen molar-refractivity contribution in [2.75, 3.05) is 0 Å². The van der Waals surface area contributed by atoms with Gasteiger partial charge in [-0.05, 0) is 49.7 Å². The first-order valence-corrected chi connectivity index (χ1v) is 7.43. The lowest BCUT2D eigenvalue weighted by molar-refractivity contribution is 0.993. The van der Waals surface area contributed by atoms with E-state index in [1.807, 2.05) is 18.4 Å². The maximum absolute atomic E-state index is 6.06. The zero-order valence-electron chi connectivity index (χ0n) is 8.30. The number of halogens is 3. The Morgan fingerprint density at radius 1 is 1.38 bits per heavy atom. The first kappa shape index (κ1) is 12.5. The van der Waals surface area contributed by atoms with Crippen LogP contribution in [0.25, 0.3) is 10.7 Å². The van der Waals surface area contributed by atoms with Crippen molar-refractivity contribution in [3.05, 3.63) is 31.2 Å². The van der Waals surface area contributed by atoms with E-state index in [2.05, 4.69) is 41.8 Å². The molecule has 0 saturated carbocycles. The smallest absolute Gasteiger partial charge is 0.172 e. The highest BCUT2D eigenvalue weighted by atomic mass is 79.9. The van der Waals surface area contributed by atoms with Crippen LogP contribution in [0.2, 0.25) is 5.15 Å². The van der Waals surface area contributed by atoms with E-state index in [9.17, 15) is 0 Å². The summed E-state index contributed by atoms with van der Waals surface area (Å²) in [6.07, 6.45) is 0.818. The lowest BCUT2D eigenvalue weighted by Crippen LogP contribution is -1.96. The van der Waals surface area contributed by atoms with Crippen LogP contribution >= 0.6 is 54.8 Å². The maximum Gasteiger partial charge on any atom is 0.172 e. The van der Waals surface area contributed by atoms with Crippen LogP contribution in [-0.2, 0) is 6.42 Å². The van der Waals surface area contributed by atoms with Crippen molar-refractivity contribution >= 4 is 54.8 Å². The first-order chi connectivity index (χ1) is 7.63. The van der Waals surface area contributed by atoms with Crippen molar-refractivity contribution in [2.45, 2.75) is 13.3 Å². The van der Waals surface area contributed by atoms with E-state index in [0.29, 0.717) is 11.0 Å². The summed E-state index contributed by atoms with van der Waals surface area (Å²) in [5.41, 5.74) is 0.926. The molecule has 0 fully saturated rings. The summed E-state index contributed by atoms with van der Waals surface area (Å²) >= 11 is 14.5. The van der Waals surface area contributed by atoms with Crippen LogP contribution in [0.15, 0.2) is 20.4 Å². The summed E-state index contributed by atoms with van der Waals surface area (Å²) in [5, 5.41) is 2.45. The second kappa shape index (κ2) is 5.12. The summed E-state index contributed by atoms with van der Waals surface area (Å²) in [7, 11) is 0. The van der Waals surface area contributed by atoms with Crippen molar-refractivity contribution in [1.29, 1.82) is 0 Å². The van der Waals surface area contributed by atoms with Gasteiger partial charge in [0.1, 0.15) is 5.15 Å². The van der Waals surface area contributed by atoms with Gasteiger partial charge in [0.2, 0.25) is 0 Å². The number of nitrogens with zero attached hydrogens (tertiary/aromatic N) is 2. The summed E-state index contributed by atoms with van der Waals surface area (Å²) in [6, 6.07) is 1.98. The molecule has 16 heavy (non-hydrogen) atoms. The fourth-order valence-corrected chi connectivity index (χ4v) is 3.38. The molecule has 0 aliphatic heterocycles. The molecule has 0 aromatic carbocycles. The van der Waals surface area contributed by atoms with E-state index in [1.54, 1.807) is 11.3 Å². The molecule has 6 heteroatoms. The van der Waals surface area contributed by atoms with Crippen molar-refractivity contribution in [3.8, 4) is 10.7 Å². The van der Waals surface area contributed by atoms with Gasteiger partial charge >= 0.3 is 0 Å². The van der Waals surface area contributed by atoms with Gasteiger partial charge in [0.15, 0.2) is 5.82 Å². The predicted molar refractivity (Wildman–Crippen MR) is 75.1 cm³/mol. The van der Waals surface area contributed by atoms with E-state index < -0.39 is 0 Å².